The Balaban J connectivity index is 0.00000312. The number of halogens is 1. The first-order chi connectivity index (χ1) is 11.6. The van der Waals surface area contributed by atoms with E-state index in [1.807, 2.05) is 37.3 Å². The van der Waals surface area contributed by atoms with E-state index in [0.29, 0.717) is 19.6 Å². The van der Waals surface area contributed by atoms with Crippen LogP contribution in [0.25, 0.3) is 0 Å². The van der Waals surface area contributed by atoms with Gasteiger partial charge in [0.2, 0.25) is 0 Å². The molecule has 1 aromatic carbocycles. The summed E-state index contributed by atoms with van der Waals surface area (Å²) in [5, 5.41) is 0. The van der Waals surface area contributed by atoms with Crippen LogP contribution in [0.3, 0.4) is 0 Å². The average molecular weight is 464 g/mol. The van der Waals surface area contributed by atoms with Crippen LogP contribution in [-0.2, 0) is 25.6 Å². The Labute approximate surface area is 168 Å². The van der Waals surface area contributed by atoms with Crippen molar-refractivity contribution in [2.24, 2.45) is 0 Å². The van der Waals surface area contributed by atoms with Gasteiger partial charge in [0, 0.05) is 6.42 Å². The zero-order chi connectivity index (χ0) is 17.3. The van der Waals surface area contributed by atoms with E-state index < -0.39 is 0 Å². The third-order valence-electron chi connectivity index (χ3n) is 4.36. The summed E-state index contributed by atoms with van der Waals surface area (Å²) in [6.45, 7) is 7.13. The highest BCUT2D eigenvalue weighted by Crippen LogP contribution is 2.12. The van der Waals surface area contributed by atoms with E-state index in [0.717, 1.165) is 49.3 Å². The predicted octanol–water partition coefficient (Wildman–Crippen LogP) is 3.01. The van der Waals surface area contributed by atoms with Gasteiger partial charge in [0.1, 0.15) is 19.6 Å². The summed E-state index contributed by atoms with van der Waals surface area (Å²) in [7, 11) is 2.19. The Morgan fingerprint density at radius 3 is 2.56 bits per heavy atom. The van der Waals surface area contributed by atoms with Crippen LogP contribution < -0.4 is 0 Å². The third kappa shape index (κ3) is 8.48. The average Bonchev–Trinajstić information content (AvgIpc) is 2.56. The number of likely N-dealkylation sites (N-methyl/N-ethyl adjacent to an activating group) is 1. The lowest BCUT2D eigenvalue weighted by atomic mass is 10.2. The molecule has 1 heterocycles. The second kappa shape index (κ2) is 11.8. The van der Waals surface area contributed by atoms with Gasteiger partial charge in [-0.15, -0.1) is 24.0 Å². The lowest BCUT2D eigenvalue weighted by Gasteiger charge is -2.39. The number of hydrogen-bond acceptors (Lipinski definition) is 4. The molecule has 1 aliphatic heterocycles. The standard InChI is InChI=1S/C19H30NO4.HI/c1-3-7-19(21)24-18(14-20(2)10-12-22-13-11-20)16-23-15-17-8-5-4-6-9-17;/h4-6,8-9,18H,3,7,10-16H2,1-2H3;1H/q+1;. The third-order valence-corrected chi connectivity index (χ3v) is 4.36. The van der Waals surface area contributed by atoms with Crippen LogP contribution in [-0.4, -0.2) is 63.1 Å². The molecule has 0 spiro atoms. The monoisotopic (exact) mass is 464 g/mol. The maximum absolute atomic E-state index is 11.9. The second-order valence-electron chi connectivity index (χ2n) is 6.72. The summed E-state index contributed by atoms with van der Waals surface area (Å²) >= 11 is 0. The Morgan fingerprint density at radius 1 is 1.24 bits per heavy atom. The molecular weight excluding hydrogens is 433 g/mol. The predicted molar refractivity (Wildman–Crippen MR) is 108 cm³/mol. The van der Waals surface area contributed by atoms with E-state index in [9.17, 15) is 4.79 Å². The van der Waals surface area contributed by atoms with Crippen molar-refractivity contribution in [2.75, 3.05) is 46.5 Å². The van der Waals surface area contributed by atoms with Gasteiger partial charge >= 0.3 is 5.97 Å². The van der Waals surface area contributed by atoms with Gasteiger partial charge < -0.3 is 18.7 Å². The SMILES string of the molecule is CCCC(=O)OC(COCc1ccccc1)C[N+]1(C)CCOCC1.I. The van der Waals surface area contributed by atoms with Crippen molar-refractivity contribution in [1.29, 1.82) is 0 Å². The molecule has 2 rings (SSSR count). The van der Waals surface area contributed by atoms with Crippen molar-refractivity contribution in [3.8, 4) is 0 Å². The molecule has 0 aromatic heterocycles. The van der Waals surface area contributed by atoms with Crippen molar-refractivity contribution in [2.45, 2.75) is 32.5 Å². The number of morpholine rings is 1. The fourth-order valence-electron chi connectivity index (χ4n) is 2.91. The van der Waals surface area contributed by atoms with E-state index in [1.165, 1.54) is 0 Å². The molecule has 1 aliphatic rings. The molecule has 0 radical (unpaired) electrons. The van der Waals surface area contributed by atoms with Gasteiger partial charge in [-0.1, -0.05) is 37.3 Å². The van der Waals surface area contributed by atoms with E-state index in [1.54, 1.807) is 0 Å². The minimum absolute atomic E-state index is 0. The molecule has 0 aliphatic carbocycles. The highest BCUT2D eigenvalue weighted by molar-refractivity contribution is 14.0. The number of carbonyl (C=O) groups excluding carboxylic acids is 1. The van der Waals surface area contributed by atoms with Crippen molar-refractivity contribution in [1.82, 2.24) is 0 Å². The fourth-order valence-corrected chi connectivity index (χ4v) is 2.91. The van der Waals surface area contributed by atoms with Crippen LogP contribution >= 0.6 is 24.0 Å². The van der Waals surface area contributed by atoms with Crippen LogP contribution in [0.1, 0.15) is 25.3 Å². The number of hydrogen-bond donors (Lipinski definition) is 0. The Bertz CT molecular complexity index is 491. The quantitative estimate of drug-likeness (QED) is 0.320. The van der Waals surface area contributed by atoms with Gasteiger partial charge in [-0.05, 0) is 12.0 Å². The van der Waals surface area contributed by atoms with Gasteiger partial charge in [0.15, 0.2) is 6.10 Å². The van der Waals surface area contributed by atoms with Crippen LogP contribution in [0.5, 0.6) is 0 Å². The molecule has 1 aromatic rings. The van der Waals surface area contributed by atoms with E-state index >= 15 is 0 Å². The maximum Gasteiger partial charge on any atom is 0.306 e. The first-order valence-corrected chi connectivity index (χ1v) is 8.84. The summed E-state index contributed by atoms with van der Waals surface area (Å²) in [5.41, 5.74) is 1.13. The van der Waals surface area contributed by atoms with Gasteiger partial charge in [-0.2, -0.15) is 0 Å². The zero-order valence-corrected chi connectivity index (χ0v) is 17.6. The van der Waals surface area contributed by atoms with Crippen molar-refractivity contribution in [3.05, 3.63) is 35.9 Å². The molecule has 1 atom stereocenters. The Morgan fingerprint density at radius 2 is 1.92 bits per heavy atom. The molecule has 1 unspecified atom stereocenters. The van der Waals surface area contributed by atoms with Gasteiger partial charge in [0.05, 0.1) is 33.5 Å². The first kappa shape index (κ1) is 22.3. The van der Waals surface area contributed by atoms with Crippen molar-refractivity contribution >= 4 is 29.9 Å². The molecule has 1 saturated heterocycles. The van der Waals surface area contributed by atoms with Crippen LogP contribution in [0, 0.1) is 0 Å². The summed E-state index contributed by atoms with van der Waals surface area (Å²) in [5.74, 6) is -0.134. The molecule has 0 bridgehead atoms. The number of benzene rings is 1. The summed E-state index contributed by atoms with van der Waals surface area (Å²) in [6, 6.07) is 10.1. The number of esters is 1. The van der Waals surface area contributed by atoms with Crippen molar-refractivity contribution < 1.29 is 23.5 Å². The van der Waals surface area contributed by atoms with E-state index in [-0.39, 0.29) is 36.0 Å². The Kier molecular flexibility index (Phi) is 10.6. The molecule has 142 valence electrons. The molecular formula is C19H31INO4+. The van der Waals surface area contributed by atoms with Gasteiger partial charge in [0.25, 0.3) is 0 Å². The molecule has 25 heavy (non-hydrogen) atoms. The minimum atomic E-state index is -0.212. The fraction of sp³-hybridized carbons (Fsp3) is 0.632. The van der Waals surface area contributed by atoms with Crippen LogP contribution in [0.15, 0.2) is 30.3 Å². The normalized spacial score (nSPS) is 17.4. The number of rotatable bonds is 9. The van der Waals surface area contributed by atoms with E-state index in [4.69, 9.17) is 14.2 Å². The van der Waals surface area contributed by atoms with Gasteiger partial charge in [-0.25, -0.2) is 0 Å². The second-order valence-corrected chi connectivity index (χ2v) is 6.72. The number of quaternary nitrogens is 1. The molecule has 5 nitrogen and oxygen atoms in total. The minimum Gasteiger partial charge on any atom is -0.454 e. The molecule has 0 amide bonds. The lowest BCUT2D eigenvalue weighted by Crippen LogP contribution is -2.56. The topological polar surface area (TPSA) is 44.8 Å². The first-order valence-electron chi connectivity index (χ1n) is 8.84. The molecule has 6 heteroatoms. The molecule has 0 N–H and O–H groups in total. The van der Waals surface area contributed by atoms with Crippen molar-refractivity contribution in [3.63, 3.8) is 0 Å². The van der Waals surface area contributed by atoms with Crippen LogP contribution in [0.2, 0.25) is 0 Å². The van der Waals surface area contributed by atoms with Crippen LogP contribution in [0.4, 0.5) is 0 Å². The number of ether oxygens (including phenoxy) is 3. The molecule has 0 saturated carbocycles. The largest absolute Gasteiger partial charge is 0.454 e. The Hall–Kier alpha value is -0.700. The maximum atomic E-state index is 11.9. The number of carbonyl (C=O) groups is 1. The molecule has 1 fully saturated rings. The summed E-state index contributed by atoms with van der Waals surface area (Å²) in [6.07, 6.45) is 1.05. The van der Waals surface area contributed by atoms with Gasteiger partial charge in [-0.3, -0.25) is 4.79 Å². The van der Waals surface area contributed by atoms with E-state index in [2.05, 4.69) is 7.05 Å². The summed E-state index contributed by atoms with van der Waals surface area (Å²) < 4.78 is 17.8. The highest BCUT2D eigenvalue weighted by atomic mass is 127. The zero-order valence-electron chi connectivity index (χ0n) is 15.3. The smallest absolute Gasteiger partial charge is 0.306 e. The summed E-state index contributed by atoms with van der Waals surface area (Å²) in [4.78, 5) is 11.9. The lowest BCUT2D eigenvalue weighted by molar-refractivity contribution is -0.919. The number of nitrogens with zero attached hydrogens (tertiary/aromatic N) is 1. The highest BCUT2D eigenvalue weighted by Gasteiger charge is 2.31.